The molecule has 1 heterocycles. The molecule has 8 nitrogen and oxygen atoms in total. The van der Waals surface area contributed by atoms with Crippen molar-refractivity contribution in [1.29, 1.82) is 0 Å². The first-order chi connectivity index (χ1) is 14.2. The number of nitrogens with one attached hydrogen (secondary N) is 1. The maximum absolute atomic E-state index is 13.0. The molecule has 0 unspecified atom stereocenters. The van der Waals surface area contributed by atoms with Crippen LogP contribution in [0, 0.1) is 0 Å². The van der Waals surface area contributed by atoms with Gasteiger partial charge in [-0.15, -0.1) is 0 Å². The summed E-state index contributed by atoms with van der Waals surface area (Å²) >= 11 is 0. The quantitative estimate of drug-likeness (QED) is 0.626. The maximum Gasteiger partial charge on any atom is 0.328 e. The number of benzene rings is 2. The standard InChI is InChI=1S/C20H22N2O6S2/c23-20(24)13-10-16-8-11-17(12-9-16)29(25,26)21-18-6-2-3-7-19(18)30(27,28)22-14-4-1-5-15-22/h2-3,6-13,21H,1,4-5,14-15H2,(H,23,24)/b13-10+. The van der Waals surface area contributed by atoms with Crippen molar-refractivity contribution in [3.05, 3.63) is 60.2 Å². The van der Waals surface area contributed by atoms with Gasteiger partial charge in [0.25, 0.3) is 10.0 Å². The molecule has 1 saturated heterocycles. The molecule has 2 aromatic carbocycles. The number of rotatable bonds is 7. The first kappa shape index (κ1) is 22.0. The lowest BCUT2D eigenvalue weighted by atomic mass is 10.2. The third kappa shape index (κ3) is 5.07. The van der Waals surface area contributed by atoms with Gasteiger partial charge in [-0.05, 0) is 48.7 Å². The van der Waals surface area contributed by atoms with E-state index in [0.29, 0.717) is 18.7 Å². The largest absolute Gasteiger partial charge is 0.478 e. The first-order valence-corrected chi connectivity index (χ1v) is 12.3. The number of piperidine rings is 1. The van der Waals surface area contributed by atoms with Gasteiger partial charge in [0.15, 0.2) is 0 Å². The molecule has 0 amide bonds. The summed E-state index contributed by atoms with van der Waals surface area (Å²) in [6.07, 6.45) is 4.81. The second kappa shape index (κ2) is 8.99. The van der Waals surface area contributed by atoms with Gasteiger partial charge < -0.3 is 5.11 Å². The normalized spacial score (nSPS) is 15.9. The van der Waals surface area contributed by atoms with Crippen LogP contribution in [0.1, 0.15) is 24.8 Å². The molecule has 0 bridgehead atoms. The molecule has 1 fully saturated rings. The number of carboxylic acids is 1. The Morgan fingerprint density at radius 1 is 0.933 bits per heavy atom. The van der Waals surface area contributed by atoms with E-state index >= 15 is 0 Å². The highest BCUT2D eigenvalue weighted by molar-refractivity contribution is 7.93. The molecule has 10 heteroatoms. The predicted molar refractivity (Wildman–Crippen MR) is 113 cm³/mol. The summed E-state index contributed by atoms with van der Waals surface area (Å²) in [6.45, 7) is 0.823. The highest BCUT2D eigenvalue weighted by Gasteiger charge is 2.29. The molecular formula is C20H22N2O6S2. The van der Waals surface area contributed by atoms with E-state index in [-0.39, 0.29) is 15.5 Å². The van der Waals surface area contributed by atoms with Crippen LogP contribution in [0.5, 0.6) is 0 Å². The predicted octanol–water partition coefficient (Wildman–Crippen LogP) is 2.76. The summed E-state index contributed by atoms with van der Waals surface area (Å²) in [5, 5.41) is 8.66. The first-order valence-electron chi connectivity index (χ1n) is 9.33. The SMILES string of the molecule is O=C(O)/C=C/c1ccc(S(=O)(=O)Nc2ccccc2S(=O)(=O)N2CCCCC2)cc1. The Morgan fingerprint density at radius 2 is 1.57 bits per heavy atom. The van der Waals surface area contributed by atoms with Crippen LogP contribution in [-0.4, -0.2) is 45.3 Å². The maximum atomic E-state index is 13.0. The van der Waals surface area contributed by atoms with Crippen molar-refractivity contribution in [2.24, 2.45) is 0 Å². The lowest BCUT2D eigenvalue weighted by Gasteiger charge is -2.26. The number of para-hydroxylation sites is 1. The second-order valence-electron chi connectivity index (χ2n) is 6.81. The number of hydrogen-bond acceptors (Lipinski definition) is 5. The summed E-state index contributed by atoms with van der Waals surface area (Å²) in [7, 11) is -7.88. The third-order valence-electron chi connectivity index (χ3n) is 4.67. The summed E-state index contributed by atoms with van der Waals surface area (Å²) < 4.78 is 55.4. The third-order valence-corrected chi connectivity index (χ3v) is 8.01. The van der Waals surface area contributed by atoms with E-state index in [1.54, 1.807) is 12.1 Å². The Bertz CT molecular complexity index is 1150. The molecule has 3 rings (SSSR count). The van der Waals surface area contributed by atoms with Crippen LogP contribution in [-0.2, 0) is 24.8 Å². The topological polar surface area (TPSA) is 121 Å². The zero-order valence-electron chi connectivity index (χ0n) is 16.1. The van der Waals surface area contributed by atoms with Crippen molar-refractivity contribution in [2.75, 3.05) is 17.8 Å². The molecule has 0 spiro atoms. The zero-order chi connectivity index (χ0) is 21.8. The number of carboxylic acid groups (broad SMARTS) is 1. The fraction of sp³-hybridized carbons (Fsp3) is 0.250. The lowest BCUT2D eigenvalue weighted by molar-refractivity contribution is -0.131. The molecule has 1 aliphatic heterocycles. The van der Waals surface area contributed by atoms with E-state index in [2.05, 4.69) is 4.72 Å². The number of hydrogen-bond donors (Lipinski definition) is 2. The van der Waals surface area contributed by atoms with Gasteiger partial charge in [-0.3, -0.25) is 4.72 Å². The molecular weight excluding hydrogens is 428 g/mol. The molecule has 0 atom stereocenters. The van der Waals surface area contributed by atoms with Crippen molar-refractivity contribution in [2.45, 2.75) is 29.1 Å². The molecule has 2 aromatic rings. The monoisotopic (exact) mass is 450 g/mol. The zero-order valence-corrected chi connectivity index (χ0v) is 17.7. The number of sulfonamides is 2. The Kier molecular flexibility index (Phi) is 6.59. The minimum absolute atomic E-state index is 0.0158. The van der Waals surface area contributed by atoms with Crippen LogP contribution in [0.15, 0.2) is 64.4 Å². The second-order valence-corrected chi connectivity index (χ2v) is 10.4. The van der Waals surface area contributed by atoms with Crippen LogP contribution in [0.4, 0.5) is 5.69 Å². The number of nitrogens with zero attached hydrogens (tertiary/aromatic N) is 1. The van der Waals surface area contributed by atoms with Gasteiger partial charge in [0.2, 0.25) is 10.0 Å². The van der Waals surface area contributed by atoms with E-state index in [1.165, 1.54) is 46.8 Å². The van der Waals surface area contributed by atoms with Crippen molar-refractivity contribution in [1.82, 2.24) is 4.31 Å². The Morgan fingerprint density at radius 3 is 2.20 bits per heavy atom. The van der Waals surface area contributed by atoms with Gasteiger partial charge in [-0.2, -0.15) is 4.31 Å². The minimum Gasteiger partial charge on any atom is -0.478 e. The minimum atomic E-state index is -4.05. The van der Waals surface area contributed by atoms with Crippen LogP contribution < -0.4 is 4.72 Å². The Balaban J connectivity index is 1.88. The van der Waals surface area contributed by atoms with Gasteiger partial charge in [0, 0.05) is 19.2 Å². The summed E-state index contributed by atoms with van der Waals surface area (Å²) in [5.74, 6) is -1.11. The summed E-state index contributed by atoms with van der Waals surface area (Å²) in [6, 6.07) is 11.5. The molecule has 0 saturated carbocycles. The molecule has 0 aliphatic carbocycles. The van der Waals surface area contributed by atoms with E-state index < -0.39 is 26.0 Å². The van der Waals surface area contributed by atoms with Crippen LogP contribution in [0.25, 0.3) is 6.08 Å². The van der Waals surface area contributed by atoms with E-state index in [4.69, 9.17) is 5.11 Å². The molecule has 2 N–H and O–H groups in total. The van der Waals surface area contributed by atoms with Crippen molar-refractivity contribution < 1.29 is 26.7 Å². The fourth-order valence-corrected chi connectivity index (χ4v) is 5.96. The number of aliphatic carboxylic acids is 1. The average Bonchev–Trinajstić information content (AvgIpc) is 2.73. The van der Waals surface area contributed by atoms with E-state index in [1.807, 2.05) is 0 Å². The molecule has 1 aliphatic rings. The van der Waals surface area contributed by atoms with E-state index in [0.717, 1.165) is 25.3 Å². The highest BCUT2D eigenvalue weighted by atomic mass is 32.2. The van der Waals surface area contributed by atoms with Gasteiger partial charge >= 0.3 is 5.97 Å². The molecule has 30 heavy (non-hydrogen) atoms. The van der Waals surface area contributed by atoms with Gasteiger partial charge in [-0.1, -0.05) is 30.7 Å². The van der Waals surface area contributed by atoms with Crippen LogP contribution in [0.2, 0.25) is 0 Å². The van der Waals surface area contributed by atoms with Gasteiger partial charge in [0.1, 0.15) is 4.90 Å². The molecule has 160 valence electrons. The highest BCUT2D eigenvalue weighted by Crippen LogP contribution is 2.28. The van der Waals surface area contributed by atoms with Crippen LogP contribution >= 0.6 is 0 Å². The lowest BCUT2D eigenvalue weighted by Crippen LogP contribution is -2.36. The van der Waals surface area contributed by atoms with Crippen molar-refractivity contribution >= 4 is 37.8 Å². The van der Waals surface area contributed by atoms with Crippen molar-refractivity contribution in [3.8, 4) is 0 Å². The van der Waals surface area contributed by atoms with Gasteiger partial charge in [0.05, 0.1) is 10.6 Å². The number of anilines is 1. The Hall–Kier alpha value is -2.69. The molecule has 0 radical (unpaired) electrons. The fourth-order valence-electron chi connectivity index (χ4n) is 3.15. The number of carbonyl (C=O) groups is 1. The summed E-state index contributed by atoms with van der Waals surface area (Å²) in [5.41, 5.74) is 0.502. The smallest absolute Gasteiger partial charge is 0.328 e. The summed E-state index contributed by atoms with van der Waals surface area (Å²) in [4.78, 5) is 10.4. The van der Waals surface area contributed by atoms with Crippen molar-refractivity contribution in [3.63, 3.8) is 0 Å². The van der Waals surface area contributed by atoms with E-state index in [9.17, 15) is 21.6 Å². The average molecular weight is 451 g/mol. The Labute approximate surface area is 175 Å². The van der Waals surface area contributed by atoms with Crippen LogP contribution in [0.3, 0.4) is 0 Å². The molecule has 0 aromatic heterocycles. The van der Waals surface area contributed by atoms with Gasteiger partial charge in [-0.25, -0.2) is 21.6 Å².